The van der Waals surface area contributed by atoms with Gasteiger partial charge in [0.2, 0.25) is 0 Å². The zero-order valence-corrected chi connectivity index (χ0v) is 6.20. The van der Waals surface area contributed by atoms with Crippen LogP contribution in [0.25, 0.3) is 0 Å². The average Bonchev–Trinajstić information content (AvgIpc) is 2.03. The van der Waals surface area contributed by atoms with E-state index in [4.69, 9.17) is 10.8 Å². The second-order valence-electron chi connectivity index (χ2n) is 2.36. The summed E-state index contributed by atoms with van der Waals surface area (Å²) in [5.41, 5.74) is 6.51. The van der Waals surface area contributed by atoms with Gasteiger partial charge >= 0.3 is 0 Å². The standard InChI is InChI=1S/C9H11NO/c1-2-9(10)7-4-3-5-8(11)6-7/h2-6,9,11H,1,10H2/t9-/m1/s1. The minimum atomic E-state index is -0.193. The Morgan fingerprint density at radius 2 is 2.27 bits per heavy atom. The number of nitrogens with two attached hydrogens (primary N) is 1. The Morgan fingerprint density at radius 1 is 1.55 bits per heavy atom. The predicted molar refractivity (Wildman–Crippen MR) is 45.2 cm³/mol. The molecule has 0 saturated heterocycles. The summed E-state index contributed by atoms with van der Waals surface area (Å²) in [6.07, 6.45) is 1.63. The maximum atomic E-state index is 9.07. The Labute approximate surface area is 66.0 Å². The largest absolute Gasteiger partial charge is 0.508 e. The van der Waals surface area contributed by atoms with Crippen LogP contribution in [-0.2, 0) is 0 Å². The summed E-state index contributed by atoms with van der Waals surface area (Å²) in [7, 11) is 0. The van der Waals surface area contributed by atoms with Crippen molar-refractivity contribution in [2.75, 3.05) is 0 Å². The van der Waals surface area contributed by atoms with Gasteiger partial charge in [-0.2, -0.15) is 0 Å². The summed E-state index contributed by atoms with van der Waals surface area (Å²) in [5, 5.41) is 9.07. The summed E-state index contributed by atoms with van der Waals surface area (Å²) in [4.78, 5) is 0. The number of aromatic hydroxyl groups is 1. The van der Waals surface area contributed by atoms with Gasteiger partial charge in [-0.1, -0.05) is 18.2 Å². The molecule has 1 atom stereocenters. The molecule has 1 aromatic rings. The van der Waals surface area contributed by atoms with Crippen molar-refractivity contribution < 1.29 is 5.11 Å². The van der Waals surface area contributed by atoms with E-state index in [1.165, 1.54) is 0 Å². The van der Waals surface area contributed by atoms with Crippen LogP contribution in [0.4, 0.5) is 0 Å². The number of benzene rings is 1. The van der Waals surface area contributed by atoms with Gasteiger partial charge < -0.3 is 10.8 Å². The second-order valence-corrected chi connectivity index (χ2v) is 2.36. The lowest BCUT2D eigenvalue weighted by Crippen LogP contribution is -2.05. The van der Waals surface area contributed by atoms with Crippen LogP contribution in [0.2, 0.25) is 0 Å². The third kappa shape index (κ3) is 1.82. The first-order chi connectivity index (χ1) is 5.24. The molecule has 0 spiro atoms. The number of phenols is 1. The fourth-order valence-corrected chi connectivity index (χ4v) is 0.868. The van der Waals surface area contributed by atoms with Gasteiger partial charge in [0.15, 0.2) is 0 Å². The van der Waals surface area contributed by atoms with E-state index in [9.17, 15) is 0 Å². The van der Waals surface area contributed by atoms with Crippen molar-refractivity contribution in [2.45, 2.75) is 6.04 Å². The summed E-state index contributed by atoms with van der Waals surface area (Å²) in [6, 6.07) is 6.66. The maximum absolute atomic E-state index is 9.07. The number of phenolic OH excluding ortho intramolecular Hbond substituents is 1. The van der Waals surface area contributed by atoms with Gasteiger partial charge in [0.1, 0.15) is 5.75 Å². The van der Waals surface area contributed by atoms with Crippen LogP contribution in [0.15, 0.2) is 36.9 Å². The van der Waals surface area contributed by atoms with Gasteiger partial charge in [-0.3, -0.25) is 0 Å². The van der Waals surface area contributed by atoms with Gasteiger partial charge in [-0.25, -0.2) is 0 Å². The van der Waals surface area contributed by atoms with E-state index in [2.05, 4.69) is 6.58 Å². The molecule has 0 aliphatic rings. The van der Waals surface area contributed by atoms with Gasteiger partial charge in [-0.15, -0.1) is 6.58 Å². The maximum Gasteiger partial charge on any atom is 0.115 e. The molecule has 3 N–H and O–H groups in total. The molecule has 0 heterocycles. The van der Waals surface area contributed by atoms with Crippen LogP contribution in [0.3, 0.4) is 0 Å². The minimum Gasteiger partial charge on any atom is -0.508 e. The molecule has 0 bridgehead atoms. The Balaban J connectivity index is 2.95. The van der Waals surface area contributed by atoms with E-state index in [0.717, 1.165) is 5.56 Å². The van der Waals surface area contributed by atoms with E-state index < -0.39 is 0 Å². The van der Waals surface area contributed by atoms with E-state index in [1.54, 1.807) is 24.3 Å². The molecule has 0 aliphatic carbocycles. The molecule has 0 radical (unpaired) electrons. The summed E-state index contributed by atoms with van der Waals surface area (Å²) >= 11 is 0. The highest BCUT2D eigenvalue weighted by Crippen LogP contribution is 2.16. The van der Waals surface area contributed by atoms with E-state index in [0.29, 0.717) is 0 Å². The molecule has 58 valence electrons. The quantitative estimate of drug-likeness (QED) is 0.627. The Hall–Kier alpha value is -1.28. The Kier molecular flexibility index (Phi) is 2.28. The molecule has 1 rings (SSSR count). The molecule has 11 heavy (non-hydrogen) atoms. The van der Waals surface area contributed by atoms with E-state index in [1.807, 2.05) is 6.07 Å². The van der Waals surface area contributed by atoms with Crippen LogP contribution >= 0.6 is 0 Å². The van der Waals surface area contributed by atoms with Crippen molar-refractivity contribution in [3.05, 3.63) is 42.5 Å². The molecule has 0 unspecified atom stereocenters. The summed E-state index contributed by atoms with van der Waals surface area (Å²) < 4.78 is 0. The first kappa shape index (κ1) is 7.82. The fraction of sp³-hybridized carbons (Fsp3) is 0.111. The average molecular weight is 149 g/mol. The van der Waals surface area contributed by atoms with E-state index in [-0.39, 0.29) is 11.8 Å². The molecule has 1 aromatic carbocycles. The second kappa shape index (κ2) is 3.21. The fourth-order valence-electron chi connectivity index (χ4n) is 0.868. The molecule has 0 amide bonds. The summed E-state index contributed by atoms with van der Waals surface area (Å²) in [6.45, 7) is 3.56. The normalized spacial score (nSPS) is 12.5. The molecule has 0 saturated carbocycles. The lowest BCUT2D eigenvalue weighted by molar-refractivity contribution is 0.474. The molecule has 2 heteroatoms. The highest BCUT2D eigenvalue weighted by atomic mass is 16.3. The van der Waals surface area contributed by atoms with Crippen LogP contribution < -0.4 is 5.73 Å². The lowest BCUT2D eigenvalue weighted by Gasteiger charge is -2.05. The van der Waals surface area contributed by atoms with Crippen molar-refractivity contribution in [3.63, 3.8) is 0 Å². The molecule has 0 fully saturated rings. The molecular weight excluding hydrogens is 138 g/mol. The van der Waals surface area contributed by atoms with Gasteiger partial charge in [0, 0.05) is 6.04 Å². The lowest BCUT2D eigenvalue weighted by atomic mass is 10.1. The molecule has 0 aliphatic heterocycles. The monoisotopic (exact) mass is 149 g/mol. The van der Waals surface area contributed by atoms with Gasteiger partial charge in [0.05, 0.1) is 0 Å². The first-order valence-corrected chi connectivity index (χ1v) is 3.41. The predicted octanol–water partition coefficient (Wildman–Crippen LogP) is 1.58. The van der Waals surface area contributed by atoms with Crippen LogP contribution in [0.1, 0.15) is 11.6 Å². The number of rotatable bonds is 2. The number of hydrogen-bond acceptors (Lipinski definition) is 2. The molecule has 0 aromatic heterocycles. The van der Waals surface area contributed by atoms with Crippen LogP contribution in [0.5, 0.6) is 5.75 Å². The molecular formula is C9H11NO. The van der Waals surface area contributed by atoms with Crippen molar-refractivity contribution in [3.8, 4) is 5.75 Å². The Bertz CT molecular complexity index is 257. The first-order valence-electron chi connectivity index (χ1n) is 3.41. The number of hydrogen-bond donors (Lipinski definition) is 2. The summed E-state index contributed by atoms with van der Waals surface area (Å²) in [5.74, 6) is 0.236. The van der Waals surface area contributed by atoms with Crippen molar-refractivity contribution >= 4 is 0 Å². The van der Waals surface area contributed by atoms with Gasteiger partial charge in [-0.05, 0) is 17.7 Å². The van der Waals surface area contributed by atoms with Crippen molar-refractivity contribution in [1.82, 2.24) is 0 Å². The smallest absolute Gasteiger partial charge is 0.115 e. The van der Waals surface area contributed by atoms with Crippen molar-refractivity contribution in [1.29, 1.82) is 0 Å². The van der Waals surface area contributed by atoms with Gasteiger partial charge in [0.25, 0.3) is 0 Å². The SMILES string of the molecule is C=C[C@@H](N)c1cccc(O)c1. The third-order valence-corrected chi connectivity index (χ3v) is 1.51. The minimum absolute atomic E-state index is 0.193. The third-order valence-electron chi connectivity index (χ3n) is 1.51. The Morgan fingerprint density at radius 3 is 2.82 bits per heavy atom. The van der Waals surface area contributed by atoms with Crippen LogP contribution in [-0.4, -0.2) is 5.11 Å². The highest BCUT2D eigenvalue weighted by molar-refractivity contribution is 5.30. The molecule has 2 nitrogen and oxygen atoms in total. The highest BCUT2D eigenvalue weighted by Gasteiger charge is 1.99. The van der Waals surface area contributed by atoms with Crippen LogP contribution in [0, 0.1) is 0 Å². The zero-order valence-electron chi connectivity index (χ0n) is 6.20. The van der Waals surface area contributed by atoms with Crippen molar-refractivity contribution in [2.24, 2.45) is 5.73 Å². The van der Waals surface area contributed by atoms with E-state index >= 15 is 0 Å². The zero-order chi connectivity index (χ0) is 8.27. The topological polar surface area (TPSA) is 46.2 Å².